The summed E-state index contributed by atoms with van der Waals surface area (Å²) in [6.07, 6.45) is 1.42. The quantitative estimate of drug-likeness (QED) is 0.233. The van der Waals surface area contributed by atoms with E-state index < -0.39 is 19.8 Å². The van der Waals surface area contributed by atoms with Gasteiger partial charge in [0, 0.05) is 26.8 Å². The van der Waals surface area contributed by atoms with E-state index in [0.717, 1.165) is 23.2 Å². The van der Waals surface area contributed by atoms with Gasteiger partial charge in [-0.1, -0.05) is 43.9 Å². The molecule has 0 spiro atoms. The first kappa shape index (κ1) is 26.2. The van der Waals surface area contributed by atoms with Crippen molar-refractivity contribution in [2.45, 2.75) is 39.0 Å². The molecular weight excluding hydrogens is 491 g/mol. The van der Waals surface area contributed by atoms with Crippen molar-refractivity contribution in [2.24, 2.45) is 0 Å². The largest absolute Gasteiger partial charge is 0.496 e. The van der Waals surface area contributed by atoms with Gasteiger partial charge in [0.25, 0.3) is 5.91 Å². The minimum atomic E-state index is -1.20. The summed E-state index contributed by atoms with van der Waals surface area (Å²) in [6, 6.07) is 12.4. The molecule has 0 aliphatic carbocycles. The third-order valence-corrected chi connectivity index (χ3v) is 7.56. The Morgan fingerprint density at radius 2 is 1.89 bits per heavy atom. The summed E-state index contributed by atoms with van der Waals surface area (Å²) in [4.78, 5) is 21.1. The number of anilines is 1. The molecule has 0 atom stereocenters. The molecule has 4 rings (SSSR count). The molecule has 0 saturated heterocycles. The molecular formula is C26H31FN6O3Si. The lowest BCUT2D eigenvalue weighted by molar-refractivity contribution is 0.0814. The van der Waals surface area contributed by atoms with Crippen LogP contribution in [0, 0.1) is 5.82 Å². The number of halogens is 1. The number of hydrogen-bond donors (Lipinski definition) is 2. The number of amides is 1. The third-order valence-electron chi connectivity index (χ3n) is 5.86. The summed E-state index contributed by atoms with van der Waals surface area (Å²) < 4.78 is 26.4. The van der Waals surface area contributed by atoms with Crippen LogP contribution in [-0.2, 0) is 18.0 Å². The van der Waals surface area contributed by atoms with Crippen molar-refractivity contribution in [3.63, 3.8) is 0 Å². The Bertz CT molecular complexity index is 1400. The number of rotatable bonds is 10. The zero-order valence-electron chi connectivity index (χ0n) is 21.4. The monoisotopic (exact) mass is 522 g/mol. The van der Waals surface area contributed by atoms with Gasteiger partial charge < -0.3 is 20.5 Å². The summed E-state index contributed by atoms with van der Waals surface area (Å²) >= 11 is 0. The van der Waals surface area contributed by atoms with Gasteiger partial charge in [-0.25, -0.2) is 19.0 Å². The number of ether oxygens (including phenoxy) is 2. The van der Waals surface area contributed by atoms with Gasteiger partial charge >= 0.3 is 0 Å². The number of nitrogens with one attached hydrogen (secondary N) is 1. The van der Waals surface area contributed by atoms with Gasteiger partial charge in [0.15, 0.2) is 5.65 Å². The first-order valence-corrected chi connectivity index (χ1v) is 15.6. The third kappa shape index (κ3) is 6.30. The molecule has 37 heavy (non-hydrogen) atoms. The smallest absolute Gasteiger partial charge is 0.255 e. The molecule has 0 fully saturated rings. The number of nitrogen functional groups attached to an aromatic ring is 1. The van der Waals surface area contributed by atoms with E-state index in [2.05, 4.69) is 34.9 Å². The zero-order valence-corrected chi connectivity index (χ0v) is 22.4. The molecule has 4 aromatic rings. The number of carbonyl (C=O) groups excluding carboxylic acids is 1. The maximum atomic E-state index is 13.6. The van der Waals surface area contributed by atoms with Crippen LogP contribution in [0.5, 0.6) is 5.75 Å². The number of nitrogens with two attached hydrogens (primary N) is 1. The number of fused-ring (bicyclic) bond motifs is 1. The van der Waals surface area contributed by atoms with Crippen LogP contribution in [-0.4, -0.2) is 47.4 Å². The SMILES string of the molecule is COc1ccc(F)cc1C(=O)NCc1ccc(-c2nn(COCC[Si](C)(C)C)c3ncnc(N)c23)cc1. The molecule has 3 N–H and O–H groups in total. The van der Waals surface area contributed by atoms with E-state index in [9.17, 15) is 9.18 Å². The summed E-state index contributed by atoms with van der Waals surface area (Å²) in [5.74, 6) is -0.286. The number of benzene rings is 2. The maximum absolute atomic E-state index is 13.6. The lowest BCUT2D eigenvalue weighted by Crippen LogP contribution is -2.23. The second-order valence-corrected chi connectivity index (χ2v) is 15.5. The normalized spacial score (nSPS) is 11.6. The second kappa shape index (κ2) is 11.1. The molecule has 2 heterocycles. The van der Waals surface area contributed by atoms with Crippen LogP contribution >= 0.6 is 0 Å². The van der Waals surface area contributed by atoms with Crippen LogP contribution in [0.3, 0.4) is 0 Å². The minimum absolute atomic E-state index is 0.138. The van der Waals surface area contributed by atoms with E-state index in [0.29, 0.717) is 34.9 Å². The summed E-state index contributed by atoms with van der Waals surface area (Å²) in [5, 5.41) is 8.19. The lowest BCUT2D eigenvalue weighted by atomic mass is 10.1. The Morgan fingerprint density at radius 1 is 1.14 bits per heavy atom. The fraction of sp³-hybridized carbons (Fsp3) is 0.308. The molecule has 11 heteroatoms. The molecule has 194 valence electrons. The molecule has 9 nitrogen and oxygen atoms in total. The molecule has 2 aromatic carbocycles. The molecule has 0 radical (unpaired) electrons. The highest BCUT2D eigenvalue weighted by atomic mass is 28.3. The average Bonchev–Trinajstić information content (AvgIpc) is 3.25. The first-order valence-electron chi connectivity index (χ1n) is 11.9. The Morgan fingerprint density at radius 3 is 2.59 bits per heavy atom. The Balaban J connectivity index is 1.50. The van der Waals surface area contributed by atoms with Crippen LogP contribution in [0.15, 0.2) is 48.8 Å². The number of methoxy groups -OCH3 is 1. The van der Waals surface area contributed by atoms with Crippen molar-refractivity contribution >= 4 is 30.8 Å². The molecule has 0 unspecified atom stereocenters. The van der Waals surface area contributed by atoms with Gasteiger partial charge in [0.05, 0.1) is 18.1 Å². The van der Waals surface area contributed by atoms with Gasteiger partial charge in [-0.15, -0.1) is 0 Å². The maximum Gasteiger partial charge on any atom is 0.255 e. The molecule has 0 aliphatic rings. The van der Waals surface area contributed by atoms with Gasteiger partial charge in [-0.05, 0) is 29.8 Å². The van der Waals surface area contributed by atoms with Crippen molar-refractivity contribution < 1.29 is 18.7 Å². The van der Waals surface area contributed by atoms with Crippen molar-refractivity contribution in [1.82, 2.24) is 25.1 Å². The molecule has 0 saturated carbocycles. The van der Waals surface area contributed by atoms with Crippen molar-refractivity contribution in [3.05, 3.63) is 65.7 Å². The van der Waals surface area contributed by atoms with E-state index in [4.69, 9.17) is 20.3 Å². The Kier molecular flexibility index (Phi) is 7.84. The number of nitrogens with zero attached hydrogens (tertiary/aromatic N) is 4. The standard InChI is InChI=1S/C26H31FN6O3Si/c1-35-21-10-9-19(27)13-20(21)26(34)29-14-17-5-7-18(8-6-17)23-22-24(28)30-15-31-25(22)33(32-23)16-36-11-12-37(2,3)4/h5-10,13,15H,11-12,14,16H2,1-4H3,(H,29,34)(H2,28,30,31). The topological polar surface area (TPSA) is 117 Å². The van der Waals surface area contributed by atoms with Crippen LogP contribution in [0.1, 0.15) is 15.9 Å². The van der Waals surface area contributed by atoms with Gasteiger partial charge in [0.1, 0.15) is 36.1 Å². The van der Waals surface area contributed by atoms with Gasteiger partial charge in [0.2, 0.25) is 0 Å². The van der Waals surface area contributed by atoms with E-state index in [1.165, 1.54) is 25.6 Å². The van der Waals surface area contributed by atoms with Crippen LogP contribution in [0.2, 0.25) is 25.7 Å². The number of hydrogen-bond acceptors (Lipinski definition) is 7. The summed E-state index contributed by atoms with van der Waals surface area (Å²) in [6.45, 7) is 8.10. The van der Waals surface area contributed by atoms with Crippen molar-refractivity contribution in [2.75, 3.05) is 19.5 Å². The molecule has 1 amide bonds. The fourth-order valence-electron chi connectivity index (χ4n) is 3.77. The van der Waals surface area contributed by atoms with Crippen molar-refractivity contribution in [1.29, 1.82) is 0 Å². The number of carbonyl (C=O) groups is 1. The summed E-state index contributed by atoms with van der Waals surface area (Å²) in [5.41, 5.74) is 9.28. The molecule has 0 aliphatic heterocycles. The lowest BCUT2D eigenvalue weighted by Gasteiger charge is -2.15. The van der Waals surface area contributed by atoms with E-state index in [-0.39, 0.29) is 18.8 Å². The summed E-state index contributed by atoms with van der Waals surface area (Å²) in [7, 11) is 0.234. The van der Waals surface area contributed by atoms with E-state index in [1.807, 2.05) is 24.3 Å². The van der Waals surface area contributed by atoms with Crippen LogP contribution < -0.4 is 15.8 Å². The minimum Gasteiger partial charge on any atom is -0.496 e. The van der Waals surface area contributed by atoms with Crippen LogP contribution in [0.25, 0.3) is 22.3 Å². The Labute approximate surface area is 215 Å². The average molecular weight is 523 g/mol. The van der Waals surface area contributed by atoms with E-state index in [1.54, 1.807) is 4.68 Å². The highest BCUT2D eigenvalue weighted by Crippen LogP contribution is 2.30. The highest BCUT2D eigenvalue weighted by Gasteiger charge is 2.18. The second-order valence-electron chi connectivity index (χ2n) is 9.88. The number of aromatic nitrogens is 4. The Hall–Kier alpha value is -3.83. The highest BCUT2D eigenvalue weighted by molar-refractivity contribution is 6.76. The zero-order chi connectivity index (χ0) is 26.6. The molecule has 0 bridgehead atoms. The van der Waals surface area contributed by atoms with Crippen molar-refractivity contribution in [3.8, 4) is 17.0 Å². The molecule has 2 aromatic heterocycles. The van der Waals surface area contributed by atoms with Crippen LogP contribution in [0.4, 0.5) is 10.2 Å². The first-order chi connectivity index (χ1) is 17.7. The van der Waals surface area contributed by atoms with E-state index >= 15 is 0 Å². The predicted octanol–water partition coefficient (Wildman–Crippen LogP) is 4.47. The van der Waals surface area contributed by atoms with Gasteiger partial charge in [-0.2, -0.15) is 5.10 Å². The fourth-order valence-corrected chi connectivity index (χ4v) is 4.52. The van der Waals surface area contributed by atoms with Gasteiger partial charge in [-0.3, -0.25) is 4.79 Å². The predicted molar refractivity (Wildman–Crippen MR) is 143 cm³/mol.